The quantitative estimate of drug-likeness (QED) is 0.724. The number of carbonyl (C=O) groups is 1. The summed E-state index contributed by atoms with van der Waals surface area (Å²) in [6, 6.07) is 2.56. The highest BCUT2D eigenvalue weighted by molar-refractivity contribution is 7.89. The van der Waals surface area contributed by atoms with Crippen molar-refractivity contribution in [1.29, 1.82) is 0 Å². The minimum Gasteiger partial charge on any atom is -0.378 e. The number of rotatable bonds is 3. The first-order valence-corrected chi connectivity index (χ1v) is 10.7. The van der Waals surface area contributed by atoms with Gasteiger partial charge in [-0.1, -0.05) is 11.6 Å². The number of hydrogen-bond donors (Lipinski definition) is 0. The third-order valence-electron chi connectivity index (χ3n) is 5.01. The van der Waals surface area contributed by atoms with Crippen molar-refractivity contribution < 1.29 is 31.1 Å². The van der Waals surface area contributed by atoms with Crippen LogP contribution < -0.4 is 0 Å². The molecule has 2 saturated heterocycles. The van der Waals surface area contributed by atoms with Crippen LogP contribution in [0.4, 0.5) is 13.2 Å². The maximum Gasteiger partial charge on any atom is 0.417 e. The van der Waals surface area contributed by atoms with Crippen LogP contribution in [0.3, 0.4) is 0 Å². The van der Waals surface area contributed by atoms with E-state index in [1.807, 2.05) is 0 Å². The zero-order chi connectivity index (χ0) is 20.5. The molecule has 28 heavy (non-hydrogen) atoms. The molecule has 0 atom stereocenters. The van der Waals surface area contributed by atoms with E-state index in [0.29, 0.717) is 45.2 Å². The first kappa shape index (κ1) is 21.4. The summed E-state index contributed by atoms with van der Waals surface area (Å²) in [7, 11) is -4.11. The Hall–Kier alpha value is -1.36. The Kier molecular flexibility index (Phi) is 6.23. The number of halogens is 4. The Labute approximate surface area is 166 Å². The molecule has 0 bridgehead atoms. The van der Waals surface area contributed by atoms with Crippen LogP contribution in [0.25, 0.3) is 0 Å². The van der Waals surface area contributed by atoms with Crippen molar-refractivity contribution in [3.05, 3.63) is 28.8 Å². The van der Waals surface area contributed by atoms with Crippen LogP contribution >= 0.6 is 11.6 Å². The maximum atomic E-state index is 13.0. The van der Waals surface area contributed by atoms with Crippen LogP contribution in [-0.4, -0.2) is 62.9 Å². The van der Waals surface area contributed by atoms with E-state index in [2.05, 4.69) is 0 Å². The maximum absolute atomic E-state index is 13.0. The van der Waals surface area contributed by atoms with Crippen molar-refractivity contribution in [2.24, 2.45) is 5.92 Å². The molecule has 0 unspecified atom stereocenters. The van der Waals surface area contributed by atoms with Gasteiger partial charge in [-0.3, -0.25) is 4.79 Å². The van der Waals surface area contributed by atoms with Crippen molar-refractivity contribution in [3.8, 4) is 0 Å². The number of hydrogen-bond acceptors (Lipinski definition) is 4. The molecule has 3 rings (SSSR count). The summed E-state index contributed by atoms with van der Waals surface area (Å²) in [5.41, 5.74) is -1.19. The van der Waals surface area contributed by atoms with E-state index in [1.54, 1.807) is 4.90 Å². The molecule has 1 amide bonds. The molecule has 0 spiro atoms. The summed E-state index contributed by atoms with van der Waals surface area (Å²) < 4.78 is 71.0. The molecule has 2 aliphatic heterocycles. The zero-order valence-corrected chi connectivity index (χ0v) is 16.5. The molecule has 6 nitrogen and oxygen atoms in total. The van der Waals surface area contributed by atoms with E-state index < -0.39 is 31.7 Å². The van der Waals surface area contributed by atoms with Crippen LogP contribution in [0, 0.1) is 5.92 Å². The van der Waals surface area contributed by atoms with Gasteiger partial charge in [0.2, 0.25) is 15.9 Å². The number of ether oxygens (including phenoxy) is 1. The third-order valence-corrected chi connectivity index (χ3v) is 7.23. The van der Waals surface area contributed by atoms with Gasteiger partial charge in [-0.25, -0.2) is 8.42 Å². The smallest absolute Gasteiger partial charge is 0.378 e. The third kappa shape index (κ3) is 4.45. The number of amides is 1. The topological polar surface area (TPSA) is 66.9 Å². The van der Waals surface area contributed by atoms with Gasteiger partial charge in [0.25, 0.3) is 0 Å². The summed E-state index contributed by atoms with van der Waals surface area (Å²) in [4.78, 5) is 13.8. The normalized spacial score (nSPS) is 20.4. The van der Waals surface area contributed by atoms with Gasteiger partial charge in [0, 0.05) is 32.1 Å². The van der Waals surface area contributed by atoms with Gasteiger partial charge in [0.15, 0.2) is 0 Å². The summed E-state index contributed by atoms with van der Waals surface area (Å²) >= 11 is 5.57. The second kappa shape index (κ2) is 8.17. The number of alkyl halides is 3. The van der Waals surface area contributed by atoms with Gasteiger partial charge >= 0.3 is 6.18 Å². The minimum absolute atomic E-state index is 0.0220. The number of piperidine rings is 1. The second-order valence-corrected chi connectivity index (χ2v) is 9.10. The molecule has 0 radical (unpaired) electrons. The van der Waals surface area contributed by atoms with Crippen LogP contribution in [0.1, 0.15) is 18.4 Å². The van der Waals surface area contributed by atoms with Crippen molar-refractivity contribution >= 4 is 27.5 Å². The highest BCUT2D eigenvalue weighted by Gasteiger charge is 2.37. The van der Waals surface area contributed by atoms with E-state index in [9.17, 15) is 26.4 Å². The molecular weight excluding hydrogens is 421 g/mol. The number of morpholine rings is 1. The average Bonchev–Trinajstić information content (AvgIpc) is 2.67. The lowest BCUT2D eigenvalue weighted by Gasteiger charge is -2.35. The molecular formula is C17H20ClF3N2O4S. The predicted molar refractivity (Wildman–Crippen MR) is 95.3 cm³/mol. The fourth-order valence-electron chi connectivity index (χ4n) is 3.42. The van der Waals surface area contributed by atoms with Crippen LogP contribution in [0.2, 0.25) is 5.02 Å². The van der Waals surface area contributed by atoms with Crippen LogP contribution in [-0.2, 0) is 25.7 Å². The first-order valence-electron chi connectivity index (χ1n) is 8.84. The fraction of sp³-hybridized carbons (Fsp3) is 0.588. The van der Waals surface area contributed by atoms with E-state index in [4.69, 9.17) is 16.3 Å². The summed E-state index contributed by atoms with van der Waals surface area (Å²) in [5.74, 6) is -0.313. The molecule has 156 valence electrons. The van der Waals surface area contributed by atoms with Gasteiger partial charge in [-0.05, 0) is 31.0 Å². The lowest BCUT2D eigenvalue weighted by Crippen LogP contribution is -2.47. The van der Waals surface area contributed by atoms with Crippen molar-refractivity contribution in [2.75, 3.05) is 39.4 Å². The average molecular weight is 441 g/mol. The highest BCUT2D eigenvalue weighted by Crippen LogP contribution is 2.36. The minimum atomic E-state index is -4.75. The lowest BCUT2D eigenvalue weighted by atomic mass is 9.96. The van der Waals surface area contributed by atoms with Gasteiger partial charge < -0.3 is 9.64 Å². The monoisotopic (exact) mass is 440 g/mol. The molecule has 0 N–H and O–H groups in total. The largest absolute Gasteiger partial charge is 0.417 e. The summed E-state index contributed by atoms with van der Waals surface area (Å²) in [6.45, 7) is 2.15. The van der Waals surface area contributed by atoms with Gasteiger partial charge in [-0.15, -0.1) is 0 Å². The SMILES string of the molecule is O=C(C1CCN(S(=O)(=O)c2ccc(Cl)c(C(F)(F)F)c2)CC1)N1CCOCC1. The van der Waals surface area contributed by atoms with E-state index in [0.717, 1.165) is 16.4 Å². The molecule has 11 heteroatoms. The fourth-order valence-corrected chi connectivity index (χ4v) is 5.14. The van der Waals surface area contributed by atoms with Crippen molar-refractivity contribution in [1.82, 2.24) is 9.21 Å². The van der Waals surface area contributed by atoms with Crippen molar-refractivity contribution in [3.63, 3.8) is 0 Å². The molecule has 2 fully saturated rings. The standard InChI is InChI=1S/C17H20ClF3N2O4S/c18-15-2-1-13(11-14(15)17(19,20)21)28(25,26)23-5-3-12(4-6-23)16(24)22-7-9-27-10-8-22/h1-2,11-12H,3-10H2. The van der Waals surface area contributed by atoms with E-state index in [1.165, 1.54) is 0 Å². The number of benzene rings is 1. The predicted octanol–water partition coefficient (Wildman–Crippen LogP) is 2.62. The molecule has 0 saturated carbocycles. The Balaban J connectivity index is 1.70. The highest BCUT2D eigenvalue weighted by atomic mass is 35.5. The first-order chi connectivity index (χ1) is 13.1. The van der Waals surface area contributed by atoms with Gasteiger partial charge in [-0.2, -0.15) is 17.5 Å². The molecule has 0 aromatic heterocycles. The molecule has 0 aliphatic carbocycles. The van der Waals surface area contributed by atoms with Crippen LogP contribution in [0.5, 0.6) is 0 Å². The van der Waals surface area contributed by atoms with Gasteiger partial charge in [0.1, 0.15) is 0 Å². The lowest BCUT2D eigenvalue weighted by molar-refractivity contribution is -0.141. The zero-order valence-electron chi connectivity index (χ0n) is 14.9. The molecule has 1 aromatic rings. The number of nitrogens with zero attached hydrogens (tertiary/aromatic N) is 2. The Morgan fingerprint density at radius 1 is 1.11 bits per heavy atom. The second-order valence-electron chi connectivity index (χ2n) is 6.76. The molecule has 2 heterocycles. The number of sulfonamides is 1. The Bertz CT molecular complexity index is 833. The van der Waals surface area contributed by atoms with E-state index in [-0.39, 0.29) is 24.9 Å². The Morgan fingerprint density at radius 3 is 2.29 bits per heavy atom. The Morgan fingerprint density at radius 2 is 1.71 bits per heavy atom. The molecule has 2 aliphatic rings. The number of carbonyl (C=O) groups excluding carboxylic acids is 1. The van der Waals surface area contributed by atoms with Crippen LogP contribution in [0.15, 0.2) is 23.1 Å². The van der Waals surface area contributed by atoms with Gasteiger partial charge in [0.05, 0.1) is 28.7 Å². The summed E-state index contributed by atoms with van der Waals surface area (Å²) in [6.07, 6.45) is -4.09. The van der Waals surface area contributed by atoms with Crippen molar-refractivity contribution in [2.45, 2.75) is 23.9 Å². The molecule has 1 aromatic carbocycles. The van der Waals surface area contributed by atoms with E-state index >= 15 is 0 Å². The summed E-state index contributed by atoms with van der Waals surface area (Å²) in [5, 5.41) is -0.554.